The number of nitrogens with one attached hydrogen (secondary N) is 2. The van der Waals surface area contributed by atoms with E-state index in [-0.39, 0.29) is 42.3 Å². The van der Waals surface area contributed by atoms with Gasteiger partial charge in [0.25, 0.3) is 11.8 Å². The Morgan fingerprint density at radius 2 is 1.53 bits per heavy atom. The summed E-state index contributed by atoms with van der Waals surface area (Å²) in [5.41, 5.74) is 9.09. The highest BCUT2D eigenvalue weighted by Gasteiger charge is 2.45. The first-order valence-electron chi connectivity index (χ1n) is 21.1. The SMILES string of the molecule is Nc1ncnc2c1c(-c1ccc(Oc3ccccc3)cc1)nn2C1CCN(CCCCOCCCCOCC(=O)Nc2cccc3c2C(=O)N(C2CCC(=O)NC2=O)C3=O)CC1. The van der Waals surface area contributed by atoms with Gasteiger partial charge in [0.15, 0.2) is 5.65 Å². The number of piperidine rings is 2. The Labute approximate surface area is 357 Å². The van der Waals surface area contributed by atoms with Crippen LogP contribution in [0.15, 0.2) is 79.1 Å². The van der Waals surface area contributed by atoms with Crippen LogP contribution < -0.4 is 21.1 Å². The summed E-state index contributed by atoms with van der Waals surface area (Å²) in [5, 5.41) is 10.7. The van der Waals surface area contributed by atoms with E-state index in [1.54, 1.807) is 6.07 Å². The zero-order chi connectivity index (χ0) is 43.0. The second kappa shape index (κ2) is 19.4. The van der Waals surface area contributed by atoms with Crippen molar-refractivity contribution < 1.29 is 38.2 Å². The van der Waals surface area contributed by atoms with Crippen molar-refractivity contribution in [2.24, 2.45) is 0 Å². The minimum absolute atomic E-state index is 0.0160. The zero-order valence-corrected chi connectivity index (χ0v) is 34.3. The Balaban J connectivity index is 0.702. The van der Waals surface area contributed by atoms with E-state index in [1.807, 2.05) is 59.3 Å². The highest BCUT2D eigenvalue weighted by Crippen LogP contribution is 2.36. The molecule has 0 bridgehead atoms. The summed E-state index contributed by atoms with van der Waals surface area (Å²) in [6.45, 7) is 4.31. The molecule has 0 radical (unpaired) electrons. The number of nitrogens with zero attached hydrogens (tertiary/aromatic N) is 6. The lowest BCUT2D eigenvalue weighted by atomic mass is 10.0. The molecule has 5 amide bonds. The summed E-state index contributed by atoms with van der Waals surface area (Å²) in [7, 11) is 0. The first-order chi connectivity index (χ1) is 30.2. The number of likely N-dealkylation sites (tertiary alicyclic amines) is 1. The summed E-state index contributed by atoms with van der Waals surface area (Å²) >= 11 is 0. The number of nitrogen functional groups attached to an aromatic ring is 1. The Bertz CT molecular complexity index is 2430. The molecule has 0 spiro atoms. The summed E-state index contributed by atoms with van der Waals surface area (Å²) in [4.78, 5) is 75.2. The number of carbonyl (C=O) groups is 5. The summed E-state index contributed by atoms with van der Waals surface area (Å²) < 4.78 is 19.4. The minimum atomic E-state index is -1.09. The predicted molar refractivity (Wildman–Crippen MR) is 228 cm³/mol. The number of anilines is 2. The largest absolute Gasteiger partial charge is 0.457 e. The maximum absolute atomic E-state index is 13.3. The van der Waals surface area contributed by atoms with Crippen LogP contribution in [0.4, 0.5) is 11.5 Å². The zero-order valence-electron chi connectivity index (χ0n) is 34.3. The number of para-hydroxylation sites is 1. The van der Waals surface area contributed by atoms with E-state index in [1.165, 1.54) is 18.5 Å². The third-order valence-electron chi connectivity index (χ3n) is 11.3. The van der Waals surface area contributed by atoms with E-state index < -0.39 is 35.6 Å². The Hall–Kier alpha value is -6.56. The van der Waals surface area contributed by atoms with E-state index in [0.29, 0.717) is 32.1 Å². The fourth-order valence-electron chi connectivity index (χ4n) is 8.17. The Morgan fingerprint density at radius 3 is 2.29 bits per heavy atom. The standard InChI is InChI=1S/C45H49N9O8/c46-41-39-40(29-13-15-32(16-14-29)62-31-9-2-1-3-10-31)51-54(42(39)48-28-47-41)30-19-22-52(23-20-30)21-4-5-24-60-25-6-7-26-61-27-37(56)49-34-12-8-11-33-38(34)45(59)53(44(33)58)35-17-18-36(55)50-43(35)57/h1-3,8-16,28,30,35H,4-7,17-27H2,(H,49,56)(H2,46,47,48)(H,50,55,57). The van der Waals surface area contributed by atoms with Crippen LogP contribution in [0.5, 0.6) is 11.5 Å². The number of fused-ring (bicyclic) bond motifs is 2. The lowest BCUT2D eigenvalue weighted by Crippen LogP contribution is -2.54. The highest BCUT2D eigenvalue weighted by atomic mass is 16.5. The van der Waals surface area contributed by atoms with Crippen LogP contribution >= 0.6 is 0 Å². The van der Waals surface area contributed by atoms with Crippen LogP contribution in [-0.2, 0) is 23.9 Å². The molecular weight excluding hydrogens is 795 g/mol. The van der Waals surface area contributed by atoms with Gasteiger partial charge < -0.3 is 30.2 Å². The maximum Gasteiger partial charge on any atom is 0.264 e. The predicted octanol–water partition coefficient (Wildman–Crippen LogP) is 5.14. The lowest BCUT2D eigenvalue weighted by Gasteiger charge is -2.32. The summed E-state index contributed by atoms with van der Waals surface area (Å²) in [6.07, 6.45) is 6.94. The van der Waals surface area contributed by atoms with E-state index in [0.717, 1.165) is 90.4 Å². The number of benzene rings is 3. The van der Waals surface area contributed by atoms with Crippen molar-refractivity contribution in [2.45, 2.75) is 63.5 Å². The topological polar surface area (TPSA) is 213 Å². The van der Waals surface area contributed by atoms with Crippen molar-refractivity contribution in [2.75, 3.05) is 57.1 Å². The molecule has 62 heavy (non-hydrogen) atoms. The van der Waals surface area contributed by atoms with E-state index in [9.17, 15) is 24.0 Å². The molecule has 5 heterocycles. The van der Waals surface area contributed by atoms with E-state index >= 15 is 0 Å². The number of aromatic nitrogens is 4. The van der Waals surface area contributed by atoms with Gasteiger partial charge in [-0.05, 0) is 100 Å². The number of imide groups is 2. The second-order valence-electron chi connectivity index (χ2n) is 15.6. The molecule has 4 N–H and O–H groups in total. The van der Waals surface area contributed by atoms with Gasteiger partial charge in [-0.15, -0.1) is 0 Å². The van der Waals surface area contributed by atoms with Crippen molar-refractivity contribution in [1.29, 1.82) is 0 Å². The molecule has 322 valence electrons. The average Bonchev–Trinajstić information content (AvgIpc) is 3.79. The van der Waals surface area contributed by atoms with Gasteiger partial charge in [-0.3, -0.25) is 34.2 Å². The molecule has 17 nitrogen and oxygen atoms in total. The van der Waals surface area contributed by atoms with Crippen molar-refractivity contribution in [1.82, 2.24) is 34.9 Å². The third kappa shape index (κ3) is 9.49. The van der Waals surface area contributed by atoms with E-state index in [4.69, 9.17) is 25.0 Å². The summed E-state index contributed by atoms with van der Waals surface area (Å²) in [6, 6.07) is 21.1. The molecule has 0 saturated carbocycles. The molecule has 1 atom stereocenters. The van der Waals surface area contributed by atoms with Crippen molar-refractivity contribution >= 4 is 52.1 Å². The summed E-state index contributed by atoms with van der Waals surface area (Å²) in [5.74, 6) is -1.04. The van der Waals surface area contributed by atoms with Gasteiger partial charge in [-0.2, -0.15) is 5.10 Å². The van der Waals surface area contributed by atoms with Crippen LogP contribution in [0.2, 0.25) is 0 Å². The Morgan fingerprint density at radius 1 is 0.806 bits per heavy atom. The third-order valence-corrected chi connectivity index (χ3v) is 11.3. The van der Waals surface area contributed by atoms with Gasteiger partial charge in [0.1, 0.15) is 42.0 Å². The first kappa shape index (κ1) is 42.1. The number of unbranched alkanes of at least 4 members (excludes halogenated alkanes) is 2. The minimum Gasteiger partial charge on any atom is -0.457 e. The molecule has 8 rings (SSSR count). The highest BCUT2D eigenvalue weighted by molar-refractivity contribution is 6.26. The van der Waals surface area contributed by atoms with Crippen LogP contribution in [-0.4, -0.2) is 111 Å². The van der Waals surface area contributed by atoms with Gasteiger partial charge >= 0.3 is 0 Å². The number of nitrogens with two attached hydrogens (primary N) is 1. The fourth-order valence-corrected chi connectivity index (χ4v) is 8.17. The molecular formula is C45H49N9O8. The molecule has 2 fully saturated rings. The molecule has 1 unspecified atom stereocenters. The van der Waals surface area contributed by atoms with Gasteiger partial charge in [-0.25, -0.2) is 14.6 Å². The fraction of sp³-hybridized carbons (Fsp3) is 0.378. The van der Waals surface area contributed by atoms with Crippen LogP contribution in [0.3, 0.4) is 0 Å². The van der Waals surface area contributed by atoms with Crippen LogP contribution in [0.1, 0.15) is 78.1 Å². The van der Waals surface area contributed by atoms with Gasteiger partial charge in [0, 0.05) is 44.9 Å². The molecule has 2 saturated heterocycles. The second-order valence-corrected chi connectivity index (χ2v) is 15.6. The quantitative estimate of drug-likeness (QED) is 0.0771. The molecule has 0 aliphatic carbocycles. The molecule has 3 aliphatic heterocycles. The number of hydrogen-bond donors (Lipinski definition) is 3. The normalized spacial score (nSPS) is 17.1. The van der Waals surface area contributed by atoms with Crippen LogP contribution in [0, 0.1) is 0 Å². The first-order valence-corrected chi connectivity index (χ1v) is 21.1. The number of rotatable bonds is 18. The maximum atomic E-state index is 13.3. The van der Waals surface area contributed by atoms with Crippen molar-refractivity contribution in [3.05, 3.63) is 90.3 Å². The van der Waals surface area contributed by atoms with Crippen LogP contribution in [0.25, 0.3) is 22.3 Å². The van der Waals surface area contributed by atoms with Gasteiger partial charge in [-0.1, -0.05) is 24.3 Å². The monoisotopic (exact) mass is 843 g/mol. The molecule has 2 aromatic heterocycles. The van der Waals surface area contributed by atoms with E-state index in [2.05, 4.69) is 25.5 Å². The van der Waals surface area contributed by atoms with Gasteiger partial charge in [0.2, 0.25) is 17.7 Å². The van der Waals surface area contributed by atoms with Crippen molar-refractivity contribution in [3.8, 4) is 22.8 Å². The molecule has 5 aromatic rings. The number of carbonyl (C=O) groups excluding carboxylic acids is 5. The number of hydrogen-bond acceptors (Lipinski definition) is 13. The molecule has 17 heteroatoms. The van der Waals surface area contributed by atoms with Gasteiger partial charge in [0.05, 0.1) is 28.2 Å². The number of ether oxygens (including phenoxy) is 3. The Kier molecular flexibility index (Phi) is 13.2. The molecule has 3 aliphatic rings. The smallest absolute Gasteiger partial charge is 0.264 e. The lowest BCUT2D eigenvalue weighted by molar-refractivity contribution is -0.136. The van der Waals surface area contributed by atoms with Crippen molar-refractivity contribution in [3.63, 3.8) is 0 Å². The molecule has 3 aromatic carbocycles. The number of amides is 5. The average molecular weight is 844 g/mol.